The smallest absolute Gasteiger partial charge is 0.266 e. The third-order valence-corrected chi connectivity index (χ3v) is 4.99. The van der Waals surface area contributed by atoms with Crippen LogP contribution in [-0.4, -0.2) is 20.2 Å². The van der Waals surface area contributed by atoms with Gasteiger partial charge in [0.1, 0.15) is 10.1 Å². The van der Waals surface area contributed by atoms with Gasteiger partial charge in [-0.3, -0.25) is 9.69 Å². The number of thiocarbonyl (C=S) groups is 1. The SMILES string of the molecule is Cc1cccc(/C=C2/SC(=S)N(Cc3ccccc3)C2=O)c1O. The Labute approximate surface area is 144 Å². The molecule has 0 saturated carbocycles. The maximum Gasteiger partial charge on any atom is 0.266 e. The van der Waals surface area contributed by atoms with Crippen molar-refractivity contribution in [3.8, 4) is 5.75 Å². The van der Waals surface area contributed by atoms with Crippen molar-refractivity contribution in [2.45, 2.75) is 13.5 Å². The van der Waals surface area contributed by atoms with Crippen LogP contribution in [0, 0.1) is 6.92 Å². The van der Waals surface area contributed by atoms with E-state index in [9.17, 15) is 9.90 Å². The normalized spacial score (nSPS) is 16.4. The van der Waals surface area contributed by atoms with Gasteiger partial charge >= 0.3 is 0 Å². The summed E-state index contributed by atoms with van der Waals surface area (Å²) in [7, 11) is 0. The Morgan fingerprint density at radius 3 is 2.65 bits per heavy atom. The molecule has 0 bridgehead atoms. The lowest BCUT2D eigenvalue weighted by Gasteiger charge is -2.14. The monoisotopic (exact) mass is 341 g/mol. The van der Waals surface area contributed by atoms with E-state index in [4.69, 9.17) is 12.2 Å². The van der Waals surface area contributed by atoms with Crippen LogP contribution in [0.2, 0.25) is 0 Å². The van der Waals surface area contributed by atoms with Gasteiger partial charge in [-0.2, -0.15) is 0 Å². The third kappa shape index (κ3) is 3.30. The zero-order valence-corrected chi connectivity index (χ0v) is 14.2. The van der Waals surface area contributed by atoms with Crippen molar-refractivity contribution < 1.29 is 9.90 Å². The Morgan fingerprint density at radius 1 is 1.17 bits per heavy atom. The minimum absolute atomic E-state index is 0.121. The number of aryl methyl sites for hydroxylation is 1. The molecule has 1 fully saturated rings. The summed E-state index contributed by atoms with van der Waals surface area (Å²) < 4.78 is 0.539. The van der Waals surface area contributed by atoms with Gasteiger partial charge in [0.05, 0.1) is 11.4 Å². The molecule has 3 nitrogen and oxygen atoms in total. The van der Waals surface area contributed by atoms with Crippen LogP contribution in [0.1, 0.15) is 16.7 Å². The number of benzene rings is 2. The van der Waals surface area contributed by atoms with Gasteiger partial charge in [-0.1, -0.05) is 72.5 Å². The highest BCUT2D eigenvalue weighted by Gasteiger charge is 2.32. The molecule has 1 saturated heterocycles. The van der Waals surface area contributed by atoms with Crippen molar-refractivity contribution in [1.82, 2.24) is 4.90 Å². The second-order valence-electron chi connectivity index (χ2n) is 5.27. The number of aromatic hydroxyl groups is 1. The maximum atomic E-state index is 12.6. The molecule has 1 aliphatic rings. The van der Waals surface area contributed by atoms with Gasteiger partial charge in [0, 0.05) is 5.56 Å². The quantitative estimate of drug-likeness (QED) is 0.674. The summed E-state index contributed by atoms with van der Waals surface area (Å²) in [5.41, 5.74) is 2.44. The second-order valence-corrected chi connectivity index (χ2v) is 6.94. The van der Waals surface area contributed by atoms with Gasteiger partial charge in [0.2, 0.25) is 0 Å². The molecule has 1 aliphatic heterocycles. The average Bonchev–Trinajstić information content (AvgIpc) is 2.80. The minimum atomic E-state index is -0.121. The summed E-state index contributed by atoms with van der Waals surface area (Å²) >= 11 is 6.60. The van der Waals surface area contributed by atoms with E-state index >= 15 is 0 Å². The summed E-state index contributed by atoms with van der Waals surface area (Å²) in [5.74, 6) is 0.0746. The van der Waals surface area contributed by atoms with E-state index in [2.05, 4.69) is 0 Å². The van der Waals surface area contributed by atoms with Gasteiger partial charge in [0.25, 0.3) is 5.91 Å². The third-order valence-electron chi connectivity index (χ3n) is 3.61. The number of thioether (sulfide) groups is 1. The van der Waals surface area contributed by atoms with Crippen LogP contribution in [0.3, 0.4) is 0 Å². The summed E-state index contributed by atoms with van der Waals surface area (Å²) in [6, 6.07) is 15.2. The van der Waals surface area contributed by atoms with Gasteiger partial charge < -0.3 is 5.11 Å². The zero-order chi connectivity index (χ0) is 16.4. The number of carbonyl (C=O) groups is 1. The van der Waals surface area contributed by atoms with Crippen LogP contribution in [-0.2, 0) is 11.3 Å². The van der Waals surface area contributed by atoms with Crippen molar-refractivity contribution in [3.05, 3.63) is 70.1 Å². The molecule has 0 radical (unpaired) electrons. The molecule has 0 aromatic heterocycles. The first kappa shape index (κ1) is 15.8. The Bertz CT molecular complexity index is 800. The number of nitrogens with zero attached hydrogens (tertiary/aromatic N) is 1. The first-order valence-electron chi connectivity index (χ1n) is 7.14. The molecule has 2 aromatic carbocycles. The number of phenols is 1. The van der Waals surface area contributed by atoms with Gasteiger partial charge in [-0.25, -0.2) is 0 Å². The van der Waals surface area contributed by atoms with Crippen LogP contribution in [0.25, 0.3) is 6.08 Å². The molecule has 3 rings (SSSR count). The van der Waals surface area contributed by atoms with E-state index in [1.807, 2.05) is 49.4 Å². The van der Waals surface area contributed by atoms with Crippen molar-refractivity contribution in [3.63, 3.8) is 0 Å². The number of rotatable bonds is 3. The predicted octanol–water partition coefficient (Wildman–Crippen LogP) is 4.10. The van der Waals surface area contributed by atoms with E-state index in [1.165, 1.54) is 11.8 Å². The predicted molar refractivity (Wildman–Crippen MR) is 98.0 cm³/mol. The second kappa shape index (κ2) is 6.56. The van der Waals surface area contributed by atoms with E-state index in [-0.39, 0.29) is 11.7 Å². The molecular formula is C18H15NO2S2. The highest BCUT2D eigenvalue weighted by molar-refractivity contribution is 8.26. The van der Waals surface area contributed by atoms with Crippen molar-refractivity contribution in [2.24, 2.45) is 0 Å². The standard InChI is InChI=1S/C18H15NO2S2/c1-12-6-5-9-14(16(12)20)10-15-17(21)19(18(22)23-15)11-13-7-3-2-4-8-13/h2-10,20H,11H2,1H3/b15-10+. The largest absolute Gasteiger partial charge is 0.507 e. The lowest BCUT2D eigenvalue weighted by atomic mass is 10.1. The van der Waals surface area contributed by atoms with E-state index in [0.29, 0.717) is 21.3 Å². The van der Waals surface area contributed by atoms with Crippen molar-refractivity contribution in [2.75, 3.05) is 0 Å². The molecular weight excluding hydrogens is 326 g/mol. The highest BCUT2D eigenvalue weighted by Crippen LogP contribution is 2.35. The van der Waals surface area contributed by atoms with Gasteiger partial charge in [-0.05, 0) is 24.1 Å². The molecule has 0 atom stereocenters. The maximum absolute atomic E-state index is 12.6. The highest BCUT2D eigenvalue weighted by atomic mass is 32.2. The average molecular weight is 341 g/mol. The van der Waals surface area contributed by atoms with Crippen LogP contribution < -0.4 is 0 Å². The Kier molecular flexibility index (Phi) is 4.50. The van der Waals surface area contributed by atoms with E-state index < -0.39 is 0 Å². The molecule has 0 unspecified atom stereocenters. The first-order chi connectivity index (χ1) is 11.1. The molecule has 116 valence electrons. The van der Waals surface area contributed by atoms with Crippen LogP contribution in [0.4, 0.5) is 0 Å². The molecule has 5 heteroatoms. The molecule has 1 N–H and O–H groups in total. The number of phenolic OH excluding ortho intramolecular Hbond substituents is 1. The number of carbonyl (C=O) groups excluding carboxylic acids is 1. The van der Waals surface area contributed by atoms with Crippen LogP contribution >= 0.6 is 24.0 Å². The molecule has 2 aromatic rings. The summed E-state index contributed by atoms with van der Waals surface area (Å²) in [6.07, 6.45) is 1.70. The fraction of sp³-hybridized carbons (Fsp3) is 0.111. The topological polar surface area (TPSA) is 40.5 Å². The Morgan fingerprint density at radius 2 is 1.91 bits per heavy atom. The molecule has 1 amide bonds. The van der Waals surface area contributed by atoms with Gasteiger partial charge in [0.15, 0.2) is 0 Å². The minimum Gasteiger partial charge on any atom is -0.507 e. The fourth-order valence-corrected chi connectivity index (χ4v) is 3.59. The molecule has 0 spiro atoms. The number of hydrogen-bond acceptors (Lipinski definition) is 4. The van der Waals surface area contributed by atoms with Crippen LogP contribution in [0.5, 0.6) is 5.75 Å². The van der Waals surface area contributed by atoms with Crippen molar-refractivity contribution in [1.29, 1.82) is 0 Å². The summed E-state index contributed by atoms with van der Waals surface area (Å²) in [4.78, 5) is 14.7. The van der Waals surface area contributed by atoms with Crippen molar-refractivity contribution >= 4 is 40.3 Å². The van der Waals surface area contributed by atoms with E-state index in [1.54, 1.807) is 17.0 Å². The van der Waals surface area contributed by atoms with Gasteiger partial charge in [-0.15, -0.1) is 0 Å². The Balaban J connectivity index is 1.86. The molecule has 23 heavy (non-hydrogen) atoms. The first-order valence-corrected chi connectivity index (χ1v) is 8.36. The fourth-order valence-electron chi connectivity index (χ4n) is 2.34. The number of para-hydroxylation sites is 1. The van der Waals surface area contributed by atoms with E-state index in [0.717, 1.165) is 11.1 Å². The summed E-state index contributed by atoms with van der Waals surface area (Å²) in [6.45, 7) is 2.29. The molecule has 0 aliphatic carbocycles. The lowest BCUT2D eigenvalue weighted by molar-refractivity contribution is -0.122. The lowest BCUT2D eigenvalue weighted by Crippen LogP contribution is -2.27. The zero-order valence-electron chi connectivity index (χ0n) is 12.5. The van der Waals surface area contributed by atoms with Crippen LogP contribution in [0.15, 0.2) is 53.4 Å². The number of amides is 1. The number of hydrogen-bond donors (Lipinski definition) is 1. The Hall–Kier alpha value is -2.11. The summed E-state index contributed by atoms with van der Waals surface area (Å²) in [5, 5.41) is 10.1. The molecule has 1 heterocycles.